The number of hydrogen-bond acceptors (Lipinski definition) is 8. The summed E-state index contributed by atoms with van der Waals surface area (Å²) in [6.07, 6.45) is -0.292. The molecule has 2 aromatic carbocycles. The summed E-state index contributed by atoms with van der Waals surface area (Å²) in [5, 5.41) is 12.6. The first-order chi connectivity index (χ1) is 16.3. The van der Waals surface area contributed by atoms with Gasteiger partial charge in [-0.2, -0.15) is 0 Å². The molecule has 186 valence electrons. The number of amides is 2. The third kappa shape index (κ3) is 15.1. The van der Waals surface area contributed by atoms with Crippen molar-refractivity contribution in [3.8, 4) is 11.5 Å². The van der Waals surface area contributed by atoms with Gasteiger partial charge in [0.25, 0.3) is 0 Å². The molecule has 0 aliphatic carbocycles. The summed E-state index contributed by atoms with van der Waals surface area (Å²) in [7, 11) is 3.10. The second-order valence-electron chi connectivity index (χ2n) is 6.33. The number of nitrogens with one attached hydrogen (secondary N) is 2. The van der Waals surface area contributed by atoms with Gasteiger partial charge in [-0.25, -0.2) is 9.59 Å². The van der Waals surface area contributed by atoms with Crippen molar-refractivity contribution in [2.45, 2.75) is 26.4 Å². The highest BCUT2D eigenvalue weighted by Crippen LogP contribution is 2.11. The molecule has 0 heterocycles. The predicted octanol–water partition coefficient (Wildman–Crippen LogP) is 1.47. The Labute approximate surface area is 199 Å². The molecule has 0 bridgehead atoms. The van der Waals surface area contributed by atoms with Crippen molar-refractivity contribution >= 4 is 23.8 Å². The Balaban J connectivity index is 0.000000750. The van der Waals surface area contributed by atoms with E-state index in [0.29, 0.717) is 17.9 Å². The Morgan fingerprint density at radius 1 is 0.824 bits per heavy atom. The first-order valence-electron chi connectivity index (χ1n) is 10.4. The molecular formula is C24H32N2O8. The van der Waals surface area contributed by atoms with Crippen molar-refractivity contribution in [2.24, 2.45) is 0 Å². The Morgan fingerprint density at radius 2 is 1.29 bits per heavy atom. The minimum Gasteiger partial charge on any atom is -0.425 e. The van der Waals surface area contributed by atoms with Crippen LogP contribution < -0.4 is 20.1 Å². The maximum Gasteiger partial charge on any atom is 0.340 e. The summed E-state index contributed by atoms with van der Waals surface area (Å²) < 4.78 is 15.3. The lowest BCUT2D eigenvalue weighted by Gasteiger charge is -2.12. The van der Waals surface area contributed by atoms with Gasteiger partial charge in [0.05, 0.1) is 0 Å². The van der Waals surface area contributed by atoms with Crippen molar-refractivity contribution < 1.29 is 38.5 Å². The number of aliphatic hydroxyl groups is 1. The van der Waals surface area contributed by atoms with Gasteiger partial charge < -0.3 is 30.0 Å². The fourth-order valence-electron chi connectivity index (χ4n) is 1.85. The van der Waals surface area contributed by atoms with E-state index in [1.54, 1.807) is 55.6 Å². The summed E-state index contributed by atoms with van der Waals surface area (Å²) in [5.74, 6) is -0.556. The van der Waals surface area contributed by atoms with Crippen LogP contribution in [0.4, 0.5) is 0 Å². The van der Waals surface area contributed by atoms with Gasteiger partial charge in [0.2, 0.25) is 11.8 Å². The predicted molar refractivity (Wildman–Crippen MR) is 125 cm³/mol. The number of rotatable bonds is 8. The topological polar surface area (TPSA) is 140 Å². The number of carbonyl (C=O) groups excluding carboxylic acids is 4. The minimum absolute atomic E-state index is 0.0926. The average Bonchev–Trinajstić information content (AvgIpc) is 2.88. The van der Waals surface area contributed by atoms with Crippen LogP contribution in [0.3, 0.4) is 0 Å². The molecule has 34 heavy (non-hydrogen) atoms. The molecule has 3 N–H and O–H groups in total. The van der Waals surface area contributed by atoms with E-state index in [-0.39, 0.29) is 18.4 Å². The number of carbonyl (C=O) groups is 4. The molecule has 0 aliphatic rings. The van der Waals surface area contributed by atoms with Gasteiger partial charge in [-0.15, -0.1) is 0 Å². The van der Waals surface area contributed by atoms with E-state index >= 15 is 0 Å². The number of hydrogen-bond donors (Lipinski definition) is 3. The Morgan fingerprint density at radius 3 is 1.65 bits per heavy atom. The van der Waals surface area contributed by atoms with Crippen LogP contribution in [-0.4, -0.2) is 62.3 Å². The van der Waals surface area contributed by atoms with E-state index in [2.05, 4.69) is 10.6 Å². The molecule has 10 heteroatoms. The van der Waals surface area contributed by atoms with Gasteiger partial charge in [0.1, 0.15) is 24.7 Å². The van der Waals surface area contributed by atoms with Gasteiger partial charge in [0, 0.05) is 20.5 Å². The maximum absolute atomic E-state index is 11.8. The highest BCUT2D eigenvalue weighted by atomic mass is 16.6. The zero-order chi connectivity index (χ0) is 25.8. The van der Waals surface area contributed by atoms with Gasteiger partial charge in [-0.05, 0) is 31.2 Å². The quantitative estimate of drug-likeness (QED) is 0.384. The van der Waals surface area contributed by atoms with Crippen molar-refractivity contribution in [1.29, 1.82) is 0 Å². The lowest BCUT2D eigenvalue weighted by Crippen LogP contribution is -2.29. The van der Waals surface area contributed by atoms with Crippen molar-refractivity contribution in [1.82, 2.24) is 10.6 Å². The average molecular weight is 477 g/mol. The molecule has 0 fully saturated rings. The standard InChI is InChI=1S/C17H16O5.C4H9NO.C3H7NO2/c1-13(17(19)22-15-10-6-3-7-11-15)20-12-16(18)21-14-8-4-2-5-9-14;1-3-4(6)5-2;1-4-3(6)2-5/h2-11,13H,12H2,1H3;3H2,1-2H3,(H,5,6);5H,2H2,1H3,(H,4,6). The van der Waals surface area contributed by atoms with Crippen molar-refractivity contribution in [2.75, 3.05) is 27.3 Å². The van der Waals surface area contributed by atoms with Crippen LogP contribution in [0.25, 0.3) is 0 Å². The molecule has 0 saturated carbocycles. The monoisotopic (exact) mass is 476 g/mol. The molecule has 1 unspecified atom stereocenters. The second kappa shape index (κ2) is 18.8. The Kier molecular flexibility index (Phi) is 16.7. The highest BCUT2D eigenvalue weighted by Gasteiger charge is 2.18. The molecule has 2 aromatic rings. The molecule has 0 saturated heterocycles. The molecule has 0 aliphatic heterocycles. The van der Waals surface area contributed by atoms with E-state index in [9.17, 15) is 19.2 Å². The summed E-state index contributed by atoms with van der Waals surface area (Å²) in [4.78, 5) is 43.3. The number of benzene rings is 2. The molecule has 2 amide bonds. The first kappa shape index (κ1) is 30.2. The van der Waals surface area contributed by atoms with Gasteiger partial charge in [-0.3, -0.25) is 9.59 Å². The Hall–Kier alpha value is -3.76. The zero-order valence-electron chi connectivity index (χ0n) is 19.8. The third-order valence-electron chi connectivity index (χ3n) is 3.74. The van der Waals surface area contributed by atoms with Crippen LogP contribution in [-0.2, 0) is 23.9 Å². The number of ether oxygens (including phenoxy) is 3. The Bertz CT molecular complexity index is 832. The molecular weight excluding hydrogens is 444 g/mol. The van der Waals surface area contributed by atoms with Gasteiger partial charge in [0.15, 0.2) is 6.10 Å². The van der Waals surface area contributed by atoms with Crippen LogP contribution in [0.15, 0.2) is 60.7 Å². The molecule has 0 radical (unpaired) electrons. The van der Waals surface area contributed by atoms with E-state index < -0.39 is 24.6 Å². The summed E-state index contributed by atoms with van der Waals surface area (Å²) in [5.41, 5.74) is 0. The number of para-hydroxylation sites is 2. The second-order valence-corrected chi connectivity index (χ2v) is 6.33. The lowest BCUT2D eigenvalue weighted by atomic mass is 10.3. The molecule has 2 rings (SSSR count). The van der Waals surface area contributed by atoms with Gasteiger partial charge in [-0.1, -0.05) is 43.3 Å². The number of esters is 2. The fraction of sp³-hybridized carbons (Fsp3) is 0.333. The normalized spacial score (nSPS) is 10.1. The SMILES string of the molecule is CC(OCC(=O)Oc1ccccc1)C(=O)Oc1ccccc1.CCC(=O)NC.CNC(=O)CO. The fourth-order valence-corrected chi connectivity index (χ4v) is 1.85. The van der Waals surface area contributed by atoms with E-state index in [1.807, 2.05) is 19.1 Å². The molecule has 0 aromatic heterocycles. The van der Waals surface area contributed by atoms with Crippen LogP contribution in [0.2, 0.25) is 0 Å². The van der Waals surface area contributed by atoms with Crippen LogP contribution in [0, 0.1) is 0 Å². The van der Waals surface area contributed by atoms with E-state index in [0.717, 1.165) is 0 Å². The third-order valence-corrected chi connectivity index (χ3v) is 3.74. The largest absolute Gasteiger partial charge is 0.425 e. The van der Waals surface area contributed by atoms with E-state index in [1.165, 1.54) is 14.0 Å². The summed E-state index contributed by atoms with van der Waals surface area (Å²) in [6, 6.07) is 17.3. The van der Waals surface area contributed by atoms with Crippen LogP contribution >= 0.6 is 0 Å². The van der Waals surface area contributed by atoms with Gasteiger partial charge >= 0.3 is 11.9 Å². The minimum atomic E-state index is -0.872. The van der Waals surface area contributed by atoms with Crippen molar-refractivity contribution in [3.05, 3.63) is 60.7 Å². The smallest absolute Gasteiger partial charge is 0.340 e. The van der Waals surface area contributed by atoms with Crippen LogP contribution in [0.1, 0.15) is 20.3 Å². The summed E-state index contributed by atoms with van der Waals surface area (Å²) >= 11 is 0. The first-order valence-corrected chi connectivity index (χ1v) is 10.4. The zero-order valence-corrected chi connectivity index (χ0v) is 19.8. The number of likely N-dealkylation sites (N-methyl/N-ethyl adjacent to an activating group) is 1. The molecule has 1 atom stereocenters. The number of aliphatic hydroxyl groups excluding tert-OH is 1. The lowest BCUT2D eigenvalue weighted by molar-refractivity contribution is -0.152. The van der Waals surface area contributed by atoms with Crippen molar-refractivity contribution in [3.63, 3.8) is 0 Å². The molecule has 10 nitrogen and oxygen atoms in total. The highest BCUT2D eigenvalue weighted by molar-refractivity contribution is 5.78. The maximum atomic E-state index is 11.8. The van der Waals surface area contributed by atoms with Crippen LogP contribution in [0.5, 0.6) is 11.5 Å². The molecule has 0 spiro atoms. The summed E-state index contributed by atoms with van der Waals surface area (Å²) in [6.45, 7) is 2.58. The van der Waals surface area contributed by atoms with E-state index in [4.69, 9.17) is 19.3 Å².